The molecule has 0 bridgehead atoms. The molecule has 110 valence electrons. The number of carbonyl (C=O) groups excluding carboxylic acids is 1. The van der Waals surface area contributed by atoms with Crippen LogP contribution in [0.5, 0.6) is 5.75 Å². The van der Waals surface area contributed by atoms with Gasteiger partial charge in [0.15, 0.2) is 0 Å². The third-order valence-electron chi connectivity index (χ3n) is 2.78. The van der Waals surface area contributed by atoms with Gasteiger partial charge in [0.05, 0.1) is 18.8 Å². The van der Waals surface area contributed by atoms with Crippen LogP contribution in [0.25, 0.3) is 0 Å². The highest BCUT2D eigenvalue weighted by molar-refractivity contribution is 7.52. The van der Waals surface area contributed by atoms with E-state index in [1.807, 2.05) is 0 Å². The molecule has 2 rings (SSSR count). The van der Waals surface area contributed by atoms with Gasteiger partial charge in [0, 0.05) is 0 Å². The largest absolute Gasteiger partial charge is 0.497 e. The van der Waals surface area contributed by atoms with Crippen molar-refractivity contribution in [1.82, 2.24) is 0 Å². The Morgan fingerprint density at radius 1 is 1.10 bits per heavy atom. The number of methoxy groups -OCH3 is 1. The lowest BCUT2D eigenvalue weighted by atomic mass is 10.2. The molecule has 2 aromatic rings. The van der Waals surface area contributed by atoms with E-state index in [1.54, 1.807) is 42.5 Å². The normalized spacial score (nSPS) is 13.2. The van der Waals surface area contributed by atoms with E-state index in [2.05, 4.69) is 0 Å². The van der Waals surface area contributed by atoms with Gasteiger partial charge in [-0.25, -0.2) is 9.36 Å². The number of rotatable bonds is 5. The highest BCUT2D eigenvalue weighted by Gasteiger charge is 2.25. The van der Waals surface area contributed by atoms with Gasteiger partial charge in [0.1, 0.15) is 5.75 Å². The summed E-state index contributed by atoms with van der Waals surface area (Å²) in [4.78, 5) is 21.6. The minimum Gasteiger partial charge on any atom is -0.497 e. The first-order chi connectivity index (χ1) is 10.00. The fraction of sp³-hybridized carbons (Fsp3) is 0.133. The number of ether oxygens (including phenoxy) is 1. The molecular weight excluding hydrogens is 291 g/mol. The van der Waals surface area contributed by atoms with Gasteiger partial charge in [-0.1, -0.05) is 30.3 Å². The van der Waals surface area contributed by atoms with Crippen LogP contribution in [0.2, 0.25) is 0 Å². The molecule has 0 saturated carbocycles. The molecule has 0 fully saturated rings. The van der Waals surface area contributed by atoms with Crippen molar-refractivity contribution in [3.05, 3.63) is 65.7 Å². The Morgan fingerprint density at radius 3 is 2.29 bits per heavy atom. The molecule has 6 heteroatoms. The van der Waals surface area contributed by atoms with Crippen molar-refractivity contribution in [1.29, 1.82) is 0 Å². The lowest BCUT2D eigenvalue weighted by Crippen LogP contribution is -2.04. The van der Waals surface area contributed by atoms with Crippen LogP contribution in [-0.2, 0) is 15.3 Å². The number of hydrogen-bond donors (Lipinski definition) is 1. The summed E-state index contributed by atoms with van der Waals surface area (Å²) in [5, 5.41) is 0. The minimum absolute atomic E-state index is 0.193. The Hall–Kier alpha value is -2.10. The topological polar surface area (TPSA) is 72.8 Å². The van der Waals surface area contributed by atoms with Crippen LogP contribution in [0.3, 0.4) is 0 Å². The van der Waals surface area contributed by atoms with Gasteiger partial charge in [-0.2, -0.15) is 0 Å². The van der Waals surface area contributed by atoms with Gasteiger partial charge < -0.3 is 14.2 Å². The van der Waals surface area contributed by atoms with Crippen LogP contribution in [0.4, 0.5) is 0 Å². The van der Waals surface area contributed by atoms with Crippen molar-refractivity contribution in [3.63, 3.8) is 0 Å². The number of benzene rings is 2. The molecule has 1 unspecified atom stereocenters. The molecule has 0 amide bonds. The lowest BCUT2D eigenvalue weighted by Gasteiger charge is -2.12. The maximum Gasteiger partial charge on any atom is 0.383 e. The smallest absolute Gasteiger partial charge is 0.383 e. The van der Waals surface area contributed by atoms with Gasteiger partial charge in [0.25, 0.3) is 0 Å². The fourth-order valence-corrected chi connectivity index (χ4v) is 2.86. The monoisotopic (exact) mass is 306 g/mol. The van der Waals surface area contributed by atoms with E-state index in [-0.39, 0.29) is 11.7 Å². The third kappa shape index (κ3) is 4.45. The number of hydrogen-bond acceptors (Lipinski definition) is 4. The molecule has 2 aromatic carbocycles. The molecule has 0 spiro atoms. The van der Waals surface area contributed by atoms with Crippen molar-refractivity contribution in [2.45, 2.75) is 6.16 Å². The van der Waals surface area contributed by atoms with Crippen LogP contribution in [0.1, 0.15) is 15.9 Å². The standard InChI is InChI=1S/C15H15O5P/c1-19-14-9-7-13(8-10-14)15(16)20-21(17,18)11-12-5-3-2-4-6-12/h2-10H,11H2,1H3,(H,17,18). The zero-order valence-corrected chi connectivity index (χ0v) is 12.3. The average Bonchev–Trinajstić information content (AvgIpc) is 2.47. The molecule has 0 aliphatic rings. The van der Waals surface area contributed by atoms with Crippen LogP contribution in [0, 0.1) is 0 Å². The van der Waals surface area contributed by atoms with Crippen molar-refractivity contribution in [2.24, 2.45) is 0 Å². The molecule has 0 aliphatic carbocycles. The van der Waals surface area contributed by atoms with Crippen molar-refractivity contribution < 1.29 is 23.5 Å². The summed E-state index contributed by atoms with van der Waals surface area (Å²) in [5.74, 6) is -0.248. The zero-order chi connectivity index (χ0) is 15.3. The molecule has 1 atom stereocenters. The first kappa shape index (κ1) is 15.3. The first-order valence-electron chi connectivity index (χ1n) is 6.24. The maximum absolute atomic E-state index is 12.0. The Labute approximate surface area is 122 Å². The summed E-state index contributed by atoms with van der Waals surface area (Å²) in [7, 11) is -2.53. The number of carbonyl (C=O) groups is 1. The van der Waals surface area contributed by atoms with E-state index in [4.69, 9.17) is 9.26 Å². The SMILES string of the molecule is COc1ccc(C(=O)OP(=O)(O)Cc2ccccc2)cc1. The first-order valence-corrected chi connectivity index (χ1v) is 8.00. The average molecular weight is 306 g/mol. The predicted octanol–water partition coefficient (Wildman–Crippen LogP) is 3.24. The van der Waals surface area contributed by atoms with Crippen molar-refractivity contribution in [3.8, 4) is 5.75 Å². The summed E-state index contributed by atoms with van der Waals surface area (Å²) in [5.41, 5.74) is 0.823. The zero-order valence-electron chi connectivity index (χ0n) is 11.4. The highest BCUT2D eigenvalue weighted by Crippen LogP contribution is 2.46. The summed E-state index contributed by atoms with van der Waals surface area (Å²) < 4.78 is 21.7. The Balaban J connectivity index is 2.05. The van der Waals surface area contributed by atoms with Crippen LogP contribution < -0.4 is 4.74 Å². The Kier molecular flexibility index (Phi) is 4.78. The van der Waals surface area contributed by atoms with Crippen LogP contribution >= 0.6 is 7.60 Å². The third-order valence-corrected chi connectivity index (χ3v) is 3.99. The van der Waals surface area contributed by atoms with Crippen molar-refractivity contribution >= 4 is 13.6 Å². The maximum atomic E-state index is 12.0. The van der Waals surface area contributed by atoms with Crippen LogP contribution in [0.15, 0.2) is 54.6 Å². The summed E-state index contributed by atoms with van der Waals surface area (Å²) >= 11 is 0. The molecule has 0 aromatic heterocycles. The van der Waals surface area contributed by atoms with E-state index in [1.165, 1.54) is 19.2 Å². The van der Waals surface area contributed by atoms with E-state index < -0.39 is 13.6 Å². The second kappa shape index (κ2) is 6.57. The molecule has 0 saturated heterocycles. The Morgan fingerprint density at radius 2 is 1.71 bits per heavy atom. The highest BCUT2D eigenvalue weighted by atomic mass is 31.2. The van der Waals surface area contributed by atoms with Crippen molar-refractivity contribution in [2.75, 3.05) is 7.11 Å². The van der Waals surface area contributed by atoms with Gasteiger partial charge in [-0.3, -0.25) is 0 Å². The molecule has 0 aliphatic heterocycles. The van der Waals surface area contributed by atoms with Crippen LogP contribution in [-0.4, -0.2) is 18.0 Å². The molecule has 5 nitrogen and oxygen atoms in total. The predicted molar refractivity (Wildman–Crippen MR) is 78.4 cm³/mol. The lowest BCUT2D eigenvalue weighted by molar-refractivity contribution is 0.0716. The van der Waals surface area contributed by atoms with Gasteiger partial charge >= 0.3 is 13.6 Å². The minimum atomic E-state index is -4.04. The summed E-state index contributed by atoms with van der Waals surface area (Å²) in [6, 6.07) is 14.8. The molecule has 0 heterocycles. The van der Waals surface area contributed by atoms with Gasteiger partial charge in [-0.15, -0.1) is 0 Å². The Bertz CT molecular complexity index is 652. The quantitative estimate of drug-likeness (QED) is 0.859. The van der Waals surface area contributed by atoms with Gasteiger partial charge in [-0.05, 0) is 29.8 Å². The fourth-order valence-electron chi connectivity index (χ4n) is 1.76. The summed E-state index contributed by atoms with van der Waals surface area (Å²) in [6.45, 7) is 0. The van der Waals surface area contributed by atoms with E-state index in [0.717, 1.165) is 0 Å². The molecule has 21 heavy (non-hydrogen) atoms. The molecule has 1 N–H and O–H groups in total. The second-order valence-corrected chi connectivity index (χ2v) is 6.16. The summed E-state index contributed by atoms with van der Waals surface area (Å²) in [6.07, 6.45) is -0.213. The van der Waals surface area contributed by atoms with E-state index >= 15 is 0 Å². The molecular formula is C15H15O5P. The molecule has 0 radical (unpaired) electrons. The second-order valence-electron chi connectivity index (χ2n) is 4.39. The van der Waals surface area contributed by atoms with E-state index in [9.17, 15) is 14.3 Å². The van der Waals surface area contributed by atoms with Gasteiger partial charge in [0.2, 0.25) is 0 Å². The van der Waals surface area contributed by atoms with E-state index in [0.29, 0.717) is 11.3 Å².